The molecule has 0 radical (unpaired) electrons. The molecule has 0 aliphatic heterocycles. The number of H-pyrrole nitrogens is 1. The van der Waals surface area contributed by atoms with Crippen molar-refractivity contribution >= 4 is 69.1 Å². The van der Waals surface area contributed by atoms with Gasteiger partial charge in [-0.1, -0.05) is 0 Å². The van der Waals surface area contributed by atoms with Gasteiger partial charge in [-0.15, -0.1) is 36.2 Å². The van der Waals surface area contributed by atoms with Crippen LogP contribution in [0.5, 0.6) is 0 Å². The number of pyridine rings is 1. The number of rotatable bonds is 7. The lowest BCUT2D eigenvalue weighted by Gasteiger charge is -2.05. The molecular weight excluding hydrogens is 502 g/mol. The zero-order valence-electron chi connectivity index (χ0n) is 14.7. The number of aromatic amines is 1. The molecule has 0 atom stereocenters. The third-order valence-corrected chi connectivity index (χ3v) is 6.41. The summed E-state index contributed by atoms with van der Waals surface area (Å²) in [6.45, 7) is 3.50. The quantitative estimate of drug-likeness (QED) is 0.357. The third-order valence-electron chi connectivity index (χ3n) is 3.82. The van der Waals surface area contributed by atoms with Crippen molar-refractivity contribution in [3.63, 3.8) is 0 Å². The van der Waals surface area contributed by atoms with Crippen molar-refractivity contribution in [3.05, 3.63) is 38.3 Å². The average molecular weight is 521 g/mol. The summed E-state index contributed by atoms with van der Waals surface area (Å²) in [6, 6.07) is 1.83. The number of nitrogens with one attached hydrogen (secondary N) is 3. The highest BCUT2D eigenvalue weighted by atomic mass is 79.9. The Labute approximate surface area is 184 Å². The number of anilines is 1. The number of imidazole rings is 1. The minimum absolute atomic E-state index is 0. The summed E-state index contributed by atoms with van der Waals surface area (Å²) >= 11 is 3.83. The van der Waals surface area contributed by atoms with E-state index < -0.39 is 11.1 Å². The molecule has 12 heteroatoms. The summed E-state index contributed by atoms with van der Waals surface area (Å²) < 4.78 is 38.9. The standard InChI is InChI=1S/C16H17BrF3N5S.2ClH/c1-9-12(26-14(13(9)17)16(18,19)20)8-21-4-2-5-23-15-24-10-3-6-22-7-11(10)25-15;;/h3,6-7,21H,2,4-5,8H2,1H3,(H2,23,24,25);2*1H. The maximum atomic E-state index is 12.9. The van der Waals surface area contributed by atoms with E-state index >= 15 is 0 Å². The first-order chi connectivity index (χ1) is 12.4. The molecule has 0 spiro atoms. The van der Waals surface area contributed by atoms with Crippen LogP contribution in [-0.2, 0) is 12.7 Å². The first kappa shape index (κ1) is 25.0. The predicted molar refractivity (Wildman–Crippen MR) is 115 cm³/mol. The Morgan fingerprint density at radius 1 is 1.25 bits per heavy atom. The highest BCUT2D eigenvalue weighted by Crippen LogP contribution is 2.43. The van der Waals surface area contributed by atoms with Gasteiger partial charge < -0.3 is 15.6 Å². The maximum absolute atomic E-state index is 12.9. The molecule has 5 nitrogen and oxygen atoms in total. The second-order valence-electron chi connectivity index (χ2n) is 5.73. The number of nitrogens with zero attached hydrogens (tertiary/aromatic N) is 2. The summed E-state index contributed by atoms with van der Waals surface area (Å²) in [6.07, 6.45) is -0.108. The largest absolute Gasteiger partial charge is 0.426 e. The molecule has 0 aromatic carbocycles. The van der Waals surface area contributed by atoms with Crippen molar-refractivity contribution in [3.8, 4) is 0 Å². The topological polar surface area (TPSA) is 65.6 Å². The normalized spacial score (nSPS) is 11.2. The summed E-state index contributed by atoms with van der Waals surface area (Å²) in [4.78, 5) is 11.7. The van der Waals surface area contributed by atoms with E-state index in [4.69, 9.17) is 0 Å². The molecule has 0 amide bonds. The second kappa shape index (κ2) is 10.6. The van der Waals surface area contributed by atoms with Gasteiger partial charge in [0, 0.05) is 28.6 Å². The molecule has 3 rings (SSSR count). The average Bonchev–Trinajstić information content (AvgIpc) is 3.12. The fourth-order valence-corrected chi connectivity index (χ4v) is 4.32. The number of hydrogen-bond donors (Lipinski definition) is 3. The fourth-order valence-electron chi connectivity index (χ4n) is 2.45. The highest BCUT2D eigenvalue weighted by Gasteiger charge is 2.36. The van der Waals surface area contributed by atoms with Crippen molar-refractivity contribution in [2.75, 3.05) is 18.4 Å². The molecule has 0 bridgehead atoms. The van der Waals surface area contributed by atoms with Gasteiger partial charge in [-0.05, 0) is 47.4 Å². The first-order valence-electron chi connectivity index (χ1n) is 7.95. The molecule has 0 saturated carbocycles. The van der Waals surface area contributed by atoms with Crippen LogP contribution in [0, 0.1) is 6.92 Å². The number of alkyl halides is 3. The minimum Gasteiger partial charge on any atom is -0.356 e. The Balaban J connectivity index is 0.00000196. The molecule has 156 valence electrons. The SMILES string of the molecule is Cc1c(CNCCCNc2nc3ccncc3[nH]2)sc(C(F)(F)F)c1Br.Cl.Cl. The van der Waals surface area contributed by atoms with E-state index in [0.29, 0.717) is 36.0 Å². The highest BCUT2D eigenvalue weighted by molar-refractivity contribution is 9.10. The van der Waals surface area contributed by atoms with Crippen molar-refractivity contribution in [1.82, 2.24) is 20.3 Å². The first-order valence-corrected chi connectivity index (χ1v) is 9.56. The van der Waals surface area contributed by atoms with Crippen LogP contribution >= 0.6 is 52.1 Å². The minimum atomic E-state index is -4.32. The third kappa shape index (κ3) is 5.96. The molecule has 3 N–H and O–H groups in total. The van der Waals surface area contributed by atoms with Gasteiger partial charge in [-0.2, -0.15) is 13.2 Å². The van der Waals surface area contributed by atoms with Crippen molar-refractivity contribution < 1.29 is 13.2 Å². The lowest BCUT2D eigenvalue weighted by Crippen LogP contribution is -2.17. The van der Waals surface area contributed by atoms with Gasteiger partial charge >= 0.3 is 6.18 Å². The number of fused-ring (bicyclic) bond motifs is 1. The number of hydrogen-bond acceptors (Lipinski definition) is 5. The molecule has 0 aliphatic carbocycles. The van der Waals surface area contributed by atoms with Crippen LogP contribution in [0.25, 0.3) is 11.0 Å². The molecule has 0 unspecified atom stereocenters. The summed E-state index contributed by atoms with van der Waals surface area (Å²) in [5.41, 5.74) is 2.36. The van der Waals surface area contributed by atoms with E-state index in [-0.39, 0.29) is 29.3 Å². The number of halogens is 6. The Kier molecular flexibility index (Phi) is 9.48. The van der Waals surface area contributed by atoms with Crippen LogP contribution < -0.4 is 10.6 Å². The van der Waals surface area contributed by atoms with Crippen molar-refractivity contribution in [2.45, 2.75) is 26.1 Å². The van der Waals surface area contributed by atoms with Gasteiger partial charge in [-0.25, -0.2) is 4.98 Å². The van der Waals surface area contributed by atoms with Gasteiger partial charge in [0.25, 0.3) is 0 Å². The van der Waals surface area contributed by atoms with Gasteiger partial charge in [-0.3, -0.25) is 4.98 Å². The van der Waals surface area contributed by atoms with E-state index in [2.05, 4.69) is 41.5 Å². The molecule has 3 heterocycles. The van der Waals surface area contributed by atoms with Gasteiger partial charge in [0.2, 0.25) is 5.95 Å². The van der Waals surface area contributed by atoms with Crippen LogP contribution in [0.3, 0.4) is 0 Å². The molecule has 3 aromatic rings. The lowest BCUT2D eigenvalue weighted by molar-refractivity contribution is -0.134. The zero-order chi connectivity index (χ0) is 18.7. The van der Waals surface area contributed by atoms with E-state index in [1.54, 1.807) is 19.3 Å². The van der Waals surface area contributed by atoms with Crippen LogP contribution in [0.2, 0.25) is 0 Å². The molecule has 0 aliphatic rings. The molecule has 0 fully saturated rings. The van der Waals surface area contributed by atoms with Crippen molar-refractivity contribution in [1.29, 1.82) is 0 Å². The van der Waals surface area contributed by atoms with Gasteiger partial charge in [0.1, 0.15) is 4.88 Å². The van der Waals surface area contributed by atoms with E-state index in [1.807, 2.05) is 6.07 Å². The molecule has 28 heavy (non-hydrogen) atoms. The molecular formula is C16H19BrCl2F3N5S. The van der Waals surface area contributed by atoms with Gasteiger partial charge in [0.15, 0.2) is 0 Å². The summed E-state index contributed by atoms with van der Waals surface area (Å²) in [7, 11) is 0. The molecule has 0 saturated heterocycles. The van der Waals surface area contributed by atoms with E-state index in [9.17, 15) is 13.2 Å². The maximum Gasteiger partial charge on any atom is 0.426 e. The summed E-state index contributed by atoms with van der Waals surface area (Å²) in [5, 5.41) is 6.38. The fraction of sp³-hybridized carbons (Fsp3) is 0.375. The van der Waals surface area contributed by atoms with Crippen LogP contribution in [0.15, 0.2) is 22.9 Å². The Bertz CT molecular complexity index is 867. The zero-order valence-corrected chi connectivity index (χ0v) is 18.7. The monoisotopic (exact) mass is 519 g/mol. The second-order valence-corrected chi connectivity index (χ2v) is 7.62. The smallest absolute Gasteiger partial charge is 0.356 e. The van der Waals surface area contributed by atoms with E-state index in [1.165, 1.54) is 0 Å². The predicted octanol–water partition coefficient (Wildman–Crippen LogP) is 5.54. The lowest BCUT2D eigenvalue weighted by atomic mass is 10.2. The van der Waals surface area contributed by atoms with Crippen LogP contribution in [0.1, 0.15) is 21.7 Å². The van der Waals surface area contributed by atoms with Gasteiger partial charge in [0.05, 0.1) is 17.2 Å². The van der Waals surface area contributed by atoms with Crippen LogP contribution in [0.4, 0.5) is 19.1 Å². The Morgan fingerprint density at radius 3 is 2.64 bits per heavy atom. The number of aromatic nitrogens is 3. The number of thiophene rings is 1. The van der Waals surface area contributed by atoms with Crippen molar-refractivity contribution in [2.24, 2.45) is 0 Å². The molecule has 3 aromatic heterocycles. The summed E-state index contributed by atoms with van der Waals surface area (Å²) in [5.74, 6) is 0.681. The van der Waals surface area contributed by atoms with Crippen LogP contribution in [-0.4, -0.2) is 28.0 Å². The van der Waals surface area contributed by atoms with E-state index in [0.717, 1.165) is 28.8 Å². The Hall–Kier alpha value is -1.07. The Morgan fingerprint density at radius 2 is 2.00 bits per heavy atom.